The van der Waals surface area contributed by atoms with E-state index in [1.54, 1.807) is 0 Å². The number of rotatable bonds is 15. The molecule has 0 aromatic carbocycles. The van der Waals surface area contributed by atoms with Gasteiger partial charge in [-0.2, -0.15) is 0 Å². The van der Waals surface area contributed by atoms with E-state index >= 15 is 0 Å². The maximum Gasteiger partial charge on any atom is 0.0115 e. The van der Waals surface area contributed by atoms with Crippen LogP contribution in [0.25, 0.3) is 0 Å². The lowest BCUT2D eigenvalue weighted by Gasteiger charge is -2.35. The molecular weight excluding hydrogens is 308 g/mol. The molecule has 0 aromatic rings. The van der Waals surface area contributed by atoms with Crippen molar-refractivity contribution in [3.8, 4) is 0 Å². The lowest BCUT2D eigenvalue weighted by molar-refractivity contribution is 0.122. The Balaban J connectivity index is 4.70. The van der Waals surface area contributed by atoms with Gasteiger partial charge in [0.25, 0.3) is 0 Å². The Kier molecular flexibility index (Phi) is 13.9. The van der Waals surface area contributed by atoms with Gasteiger partial charge in [0.2, 0.25) is 0 Å². The van der Waals surface area contributed by atoms with Gasteiger partial charge >= 0.3 is 0 Å². The third-order valence-electron chi connectivity index (χ3n) is 5.47. The monoisotopic (exact) mass is 356 g/mol. The van der Waals surface area contributed by atoms with Crippen molar-refractivity contribution in [3.05, 3.63) is 0 Å². The van der Waals surface area contributed by atoms with Crippen LogP contribution in [0.3, 0.4) is 0 Å². The summed E-state index contributed by atoms with van der Waals surface area (Å²) in [6.07, 6.45) is 0. The minimum Gasteiger partial charge on any atom is -0.303 e. The van der Waals surface area contributed by atoms with Crippen LogP contribution in [0.1, 0.15) is 62.3 Å². The van der Waals surface area contributed by atoms with Crippen LogP contribution in [0.2, 0.25) is 0 Å². The van der Waals surface area contributed by atoms with E-state index in [0.717, 1.165) is 19.6 Å². The highest BCUT2D eigenvalue weighted by Crippen LogP contribution is 2.06. The Morgan fingerprint density at radius 3 is 1.32 bits per heavy atom. The van der Waals surface area contributed by atoms with E-state index in [-0.39, 0.29) is 0 Å². The van der Waals surface area contributed by atoms with E-state index in [1.165, 1.54) is 39.3 Å². The molecule has 0 spiro atoms. The molecule has 0 aliphatic carbocycles. The first-order chi connectivity index (χ1) is 11.8. The Morgan fingerprint density at radius 2 is 0.920 bits per heavy atom. The summed E-state index contributed by atoms with van der Waals surface area (Å²) >= 11 is 0. The molecule has 4 heteroatoms. The Hall–Kier alpha value is -0.160. The van der Waals surface area contributed by atoms with Crippen molar-refractivity contribution in [2.45, 2.75) is 80.4 Å². The number of likely N-dealkylation sites (N-methyl/N-ethyl adjacent to an activating group) is 2. The summed E-state index contributed by atoms with van der Waals surface area (Å²) in [4.78, 5) is 10.4. The van der Waals surface area contributed by atoms with E-state index in [4.69, 9.17) is 0 Å². The molecule has 0 rings (SSSR count). The van der Waals surface area contributed by atoms with Gasteiger partial charge in [0.15, 0.2) is 0 Å². The molecule has 25 heavy (non-hydrogen) atoms. The second-order valence-corrected chi connectivity index (χ2v) is 8.02. The van der Waals surface area contributed by atoms with Crippen LogP contribution in [0.5, 0.6) is 0 Å². The maximum absolute atomic E-state index is 2.68. The van der Waals surface area contributed by atoms with E-state index in [1.807, 2.05) is 0 Å². The highest BCUT2D eigenvalue weighted by molar-refractivity contribution is 4.72. The molecule has 0 saturated heterocycles. The molecule has 0 aliphatic rings. The van der Waals surface area contributed by atoms with Gasteiger partial charge in [0.1, 0.15) is 0 Å². The molecule has 0 aliphatic heterocycles. The Morgan fingerprint density at radius 1 is 0.480 bits per heavy atom. The second-order valence-electron chi connectivity index (χ2n) is 8.02. The lowest BCUT2D eigenvalue weighted by atomic mass is 10.2. The summed E-state index contributed by atoms with van der Waals surface area (Å²) in [7, 11) is 0. The topological polar surface area (TPSA) is 13.0 Å². The molecule has 0 unspecified atom stereocenters. The summed E-state index contributed by atoms with van der Waals surface area (Å²) in [5, 5.41) is 0. The summed E-state index contributed by atoms with van der Waals surface area (Å²) in [5.74, 6) is 0. The van der Waals surface area contributed by atoms with Crippen LogP contribution in [0.4, 0.5) is 0 Å². The van der Waals surface area contributed by atoms with Crippen LogP contribution in [-0.4, -0.2) is 96.6 Å². The average molecular weight is 357 g/mol. The Bertz CT molecular complexity index is 292. The van der Waals surface area contributed by atoms with Crippen molar-refractivity contribution in [3.63, 3.8) is 0 Å². The van der Waals surface area contributed by atoms with Crippen molar-refractivity contribution >= 4 is 0 Å². The average Bonchev–Trinajstić information content (AvgIpc) is 2.54. The molecule has 0 radical (unpaired) electrons. The fourth-order valence-corrected chi connectivity index (χ4v) is 3.58. The lowest BCUT2D eigenvalue weighted by Crippen LogP contribution is -2.46. The zero-order valence-corrected chi connectivity index (χ0v) is 18.9. The van der Waals surface area contributed by atoms with Crippen LogP contribution in [0, 0.1) is 0 Å². The van der Waals surface area contributed by atoms with Crippen LogP contribution in [0.15, 0.2) is 0 Å². The second kappa shape index (κ2) is 14.0. The van der Waals surface area contributed by atoms with Gasteiger partial charge in [-0.3, -0.25) is 14.7 Å². The molecule has 0 amide bonds. The van der Waals surface area contributed by atoms with Crippen molar-refractivity contribution in [1.82, 2.24) is 19.6 Å². The Labute approximate surface area is 159 Å². The fourth-order valence-electron chi connectivity index (χ4n) is 3.58. The highest BCUT2D eigenvalue weighted by atomic mass is 15.3. The summed E-state index contributed by atoms with van der Waals surface area (Å²) in [6.45, 7) is 31.2. The predicted molar refractivity (Wildman–Crippen MR) is 114 cm³/mol. The molecule has 0 N–H and O–H groups in total. The van der Waals surface area contributed by atoms with E-state index < -0.39 is 0 Å². The molecule has 0 heterocycles. The zero-order valence-electron chi connectivity index (χ0n) is 18.9. The summed E-state index contributed by atoms with van der Waals surface area (Å²) < 4.78 is 0. The first-order valence-electron chi connectivity index (χ1n) is 10.7. The molecule has 4 nitrogen and oxygen atoms in total. The largest absolute Gasteiger partial charge is 0.303 e. The van der Waals surface area contributed by atoms with Crippen molar-refractivity contribution in [2.24, 2.45) is 0 Å². The zero-order chi connectivity index (χ0) is 19.4. The van der Waals surface area contributed by atoms with Gasteiger partial charge in [-0.1, -0.05) is 20.8 Å². The molecule has 0 aromatic heterocycles. The van der Waals surface area contributed by atoms with Gasteiger partial charge < -0.3 is 4.90 Å². The molecular formula is C21H48N4. The fraction of sp³-hybridized carbons (Fsp3) is 1.00. The third kappa shape index (κ3) is 10.5. The third-order valence-corrected chi connectivity index (χ3v) is 5.47. The van der Waals surface area contributed by atoms with Gasteiger partial charge in [0, 0.05) is 57.4 Å². The number of hydrogen-bond acceptors (Lipinski definition) is 4. The van der Waals surface area contributed by atoms with Crippen molar-refractivity contribution in [1.29, 1.82) is 0 Å². The van der Waals surface area contributed by atoms with Crippen molar-refractivity contribution in [2.75, 3.05) is 58.9 Å². The highest BCUT2D eigenvalue weighted by Gasteiger charge is 2.16. The van der Waals surface area contributed by atoms with E-state index in [2.05, 4.69) is 81.9 Å². The predicted octanol–water partition coefficient (Wildman–Crippen LogP) is 3.48. The van der Waals surface area contributed by atoms with Gasteiger partial charge in [-0.15, -0.1) is 0 Å². The molecule has 0 atom stereocenters. The van der Waals surface area contributed by atoms with Gasteiger partial charge in [-0.25, -0.2) is 0 Å². The number of nitrogens with zero attached hydrogens (tertiary/aromatic N) is 4. The van der Waals surface area contributed by atoms with Gasteiger partial charge in [0.05, 0.1) is 0 Å². The normalized spacial score (nSPS) is 13.0. The maximum atomic E-state index is 2.68. The van der Waals surface area contributed by atoms with Crippen molar-refractivity contribution < 1.29 is 0 Å². The molecule has 0 fully saturated rings. The standard InChI is InChI=1S/C21H48N4/c1-10-22(11-2)13-14-23(15-17-24(12-3)19(4)5)16-18-25(20(6)7)21(8)9/h19-21H,10-18H2,1-9H3. The minimum absolute atomic E-state index is 0.618. The first-order valence-corrected chi connectivity index (χ1v) is 10.7. The van der Waals surface area contributed by atoms with Crippen LogP contribution >= 0.6 is 0 Å². The molecule has 152 valence electrons. The summed E-state index contributed by atoms with van der Waals surface area (Å²) in [6, 6.07) is 1.87. The van der Waals surface area contributed by atoms with Crippen LogP contribution in [-0.2, 0) is 0 Å². The first kappa shape index (κ1) is 24.8. The smallest absolute Gasteiger partial charge is 0.0115 e. The molecule has 0 bridgehead atoms. The minimum atomic E-state index is 0.618. The quantitative estimate of drug-likeness (QED) is 0.445. The molecule has 0 saturated carbocycles. The van der Waals surface area contributed by atoms with Crippen LogP contribution < -0.4 is 0 Å². The van der Waals surface area contributed by atoms with E-state index in [0.29, 0.717) is 18.1 Å². The van der Waals surface area contributed by atoms with E-state index in [9.17, 15) is 0 Å². The summed E-state index contributed by atoms with van der Waals surface area (Å²) in [5.41, 5.74) is 0. The van der Waals surface area contributed by atoms with Gasteiger partial charge in [-0.05, 0) is 61.2 Å². The SMILES string of the molecule is CCN(CC)CCN(CCN(CC)C(C)C)CCN(C(C)C)C(C)C. The number of hydrogen-bond donors (Lipinski definition) is 0.